The molecule has 1 aromatic rings. The molecule has 15 heavy (non-hydrogen) atoms. The molecule has 1 rings (SSSR count). The summed E-state index contributed by atoms with van der Waals surface area (Å²) in [5, 5.41) is 0. The number of anilines is 1. The zero-order valence-corrected chi connectivity index (χ0v) is 9.27. The van der Waals surface area contributed by atoms with E-state index >= 15 is 0 Å². The van der Waals surface area contributed by atoms with Crippen LogP contribution < -0.4 is 4.90 Å². The molecule has 0 saturated carbocycles. The second-order valence-electron chi connectivity index (χ2n) is 3.26. The lowest BCUT2D eigenvalue weighted by Gasteiger charge is -2.22. The Kier molecular flexibility index (Phi) is 4.68. The Bertz CT molecular complexity index is 298. The molecule has 3 heteroatoms. The molecule has 0 radical (unpaired) electrons. The van der Waals surface area contributed by atoms with Gasteiger partial charge in [0.1, 0.15) is 6.61 Å². The van der Waals surface area contributed by atoms with Crippen LogP contribution in [0.3, 0.4) is 0 Å². The van der Waals surface area contributed by atoms with Gasteiger partial charge in [0.15, 0.2) is 0 Å². The number of nitrogens with zero attached hydrogens (tertiary/aromatic N) is 1. The molecule has 0 fully saturated rings. The van der Waals surface area contributed by atoms with Gasteiger partial charge in [0.25, 0.3) is 0 Å². The highest BCUT2D eigenvalue weighted by atomic mass is 16.5. The van der Waals surface area contributed by atoms with Crippen LogP contribution in [0.2, 0.25) is 0 Å². The standard InChI is InChI=1S/C12H17NO2/c1-3-13(9-10-15-11(2)14)12-7-5-4-6-8-12/h4-8H,3,9-10H2,1-2H3. The average molecular weight is 207 g/mol. The topological polar surface area (TPSA) is 29.5 Å². The van der Waals surface area contributed by atoms with Crippen LogP contribution in [0.1, 0.15) is 13.8 Å². The van der Waals surface area contributed by atoms with Crippen LogP contribution in [0.25, 0.3) is 0 Å². The summed E-state index contributed by atoms with van der Waals surface area (Å²) >= 11 is 0. The van der Waals surface area contributed by atoms with Crippen LogP contribution >= 0.6 is 0 Å². The molecule has 0 aliphatic heterocycles. The zero-order valence-electron chi connectivity index (χ0n) is 9.27. The molecule has 1 aromatic carbocycles. The molecule has 0 aliphatic carbocycles. The van der Waals surface area contributed by atoms with Gasteiger partial charge in [-0.15, -0.1) is 0 Å². The van der Waals surface area contributed by atoms with Gasteiger partial charge >= 0.3 is 5.97 Å². The third-order valence-electron chi connectivity index (χ3n) is 2.17. The van der Waals surface area contributed by atoms with Crippen LogP contribution in [0.15, 0.2) is 30.3 Å². The first kappa shape index (κ1) is 11.6. The lowest BCUT2D eigenvalue weighted by molar-refractivity contribution is -0.140. The molecule has 0 amide bonds. The molecule has 82 valence electrons. The molecule has 0 atom stereocenters. The smallest absolute Gasteiger partial charge is 0.302 e. The number of benzene rings is 1. The lowest BCUT2D eigenvalue weighted by atomic mass is 10.3. The second-order valence-corrected chi connectivity index (χ2v) is 3.26. The van der Waals surface area contributed by atoms with Crippen LogP contribution in [0.5, 0.6) is 0 Å². The monoisotopic (exact) mass is 207 g/mol. The first-order valence-corrected chi connectivity index (χ1v) is 5.17. The van der Waals surface area contributed by atoms with Gasteiger partial charge < -0.3 is 9.64 Å². The first-order valence-electron chi connectivity index (χ1n) is 5.17. The maximum Gasteiger partial charge on any atom is 0.302 e. The van der Waals surface area contributed by atoms with Crippen molar-refractivity contribution in [2.75, 3.05) is 24.6 Å². The Balaban J connectivity index is 2.46. The van der Waals surface area contributed by atoms with Crippen LogP contribution in [0.4, 0.5) is 5.69 Å². The summed E-state index contributed by atoms with van der Waals surface area (Å²) in [6, 6.07) is 10.1. The highest BCUT2D eigenvalue weighted by Gasteiger charge is 2.03. The Morgan fingerprint density at radius 3 is 2.53 bits per heavy atom. The Hall–Kier alpha value is -1.51. The predicted molar refractivity (Wildman–Crippen MR) is 61.0 cm³/mol. The minimum atomic E-state index is -0.223. The Morgan fingerprint density at radius 2 is 2.00 bits per heavy atom. The summed E-state index contributed by atoms with van der Waals surface area (Å²) in [5.41, 5.74) is 1.16. The van der Waals surface area contributed by atoms with E-state index in [4.69, 9.17) is 4.74 Å². The van der Waals surface area contributed by atoms with Gasteiger partial charge in [-0.25, -0.2) is 0 Å². The van der Waals surface area contributed by atoms with E-state index in [0.29, 0.717) is 6.61 Å². The van der Waals surface area contributed by atoms with E-state index < -0.39 is 0 Å². The van der Waals surface area contributed by atoms with Gasteiger partial charge in [0, 0.05) is 19.2 Å². The number of hydrogen-bond acceptors (Lipinski definition) is 3. The van der Waals surface area contributed by atoms with E-state index in [0.717, 1.165) is 18.8 Å². The number of likely N-dealkylation sites (N-methyl/N-ethyl adjacent to an activating group) is 1. The van der Waals surface area contributed by atoms with E-state index in [9.17, 15) is 4.79 Å². The zero-order chi connectivity index (χ0) is 11.1. The summed E-state index contributed by atoms with van der Waals surface area (Å²) in [4.78, 5) is 12.8. The van der Waals surface area contributed by atoms with Crippen LogP contribution in [-0.4, -0.2) is 25.7 Å². The van der Waals surface area contributed by atoms with Crippen LogP contribution in [-0.2, 0) is 9.53 Å². The first-order chi connectivity index (χ1) is 7.24. The molecule has 0 aliphatic rings. The van der Waals surface area contributed by atoms with Crippen molar-refractivity contribution in [3.63, 3.8) is 0 Å². The molecule has 0 heterocycles. The normalized spacial score (nSPS) is 9.73. The van der Waals surface area contributed by atoms with Crippen molar-refractivity contribution in [1.29, 1.82) is 0 Å². The van der Waals surface area contributed by atoms with Gasteiger partial charge in [-0.05, 0) is 19.1 Å². The number of para-hydroxylation sites is 1. The number of hydrogen-bond donors (Lipinski definition) is 0. The average Bonchev–Trinajstić information content (AvgIpc) is 2.25. The maximum atomic E-state index is 10.6. The van der Waals surface area contributed by atoms with E-state index in [1.165, 1.54) is 6.92 Å². The fraction of sp³-hybridized carbons (Fsp3) is 0.417. The van der Waals surface area contributed by atoms with Crippen LogP contribution in [0, 0.1) is 0 Å². The summed E-state index contributed by atoms with van der Waals surface area (Å²) in [5.74, 6) is -0.223. The molecule has 0 unspecified atom stereocenters. The highest BCUT2D eigenvalue weighted by molar-refractivity contribution is 5.65. The number of ether oxygens (including phenoxy) is 1. The molecule has 3 nitrogen and oxygen atoms in total. The van der Waals surface area contributed by atoms with Crippen molar-refractivity contribution in [3.8, 4) is 0 Å². The summed E-state index contributed by atoms with van der Waals surface area (Å²) in [6.07, 6.45) is 0. The second kappa shape index (κ2) is 6.06. The van der Waals surface area contributed by atoms with Gasteiger partial charge in [0.05, 0.1) is 6.54 Å². The summed E-state index contributed by atoms with van der Waals surface area (Å²) < 4.78 is 4.92. The number of carbonyl (C=O) groups excluding carboxylic acids is 1. The Morgan fingerprint density at radius 1 is 1.33 bits per heavy atom. The number of rotatable bonds is 5. The Labute approximate surface area is 90.7 Å². The highest BCUT2D eigenvalue weighted by Crippen LogP contribution is 2.11. The molecular formula is C12H17NO2. The van der Waals surface area contributed by atoms with Gasteiger partial charge in [0.2, 0.25) is 0 Å². The molecular weight excluding hydrogens is 190 g/mol. The molecule has 0 N–H and O–H groups in total. The van der Waals surface area contributed by atoms with E-state index in [1.54, 1.807) is 0 Å². The number of esters is 1. The van der Waals surface area contributed by atoms with E-state index in [1.807, 2.05) is 18.2 Å². The third kappa shape index (κ3) is 4.02. The van der Waals surface area contributed by atoms with Gasteiger partial charge in [-0.1, -0.05) is 18.2 Å². The predicted octanol–water partition coefficient (Wildman–Crippen LogP) is 2.08. The summed E-state index contributed by atoms with van der Waals surface area (Å²) in [7, 11) is 0. The molecule has 0 aromatic heterocycles. The molecule has 0 saturated heterocycles. The van der Waals surface area contributed by atoms with Crippen molar-refractivity contribution in [2.24, 2.45) is 0 Å². The fourth-order valence-electron chi connectivity index (χ4n) is 1.41. The van der Waals surface area contributed by atoms with Crippen molar-refractivity contribution in [1.82, 2.24) is 0 Å². The van der Waals surface area contributed by atoms with Crippen molar-refractivity contribution >= 4 is 11.7 Å². The van der Waals surface area contributed by atoms with Gasteiger partial charge in [-0.3, -0.25) is 4.79 Å². The van der Waals surface area contributed by atoms with Crippen molar-refractivity contribution in [3.05, 3.63) is 30.3 Å². The summed E-state index contributed by atoms with van der Waals surface area (Å²) in [6.45, 7) is 5.60. The largest absolute Gasteiger partial charge is 0.464 e. The maximum absolute atomic E-state index is 10.6. The van der Waals surface area contributed by atoms with Crippen molar-refractivity contribution in [2.45, 2.75) is 13.8 Å². The number of carbonyl (C=O) groups is 1. The lowest BCUT2D eigenvalue weighted by Crippen LogP contribution is -2.27. The molecule has 0 bridgehead atoms. The SMILES string of the molecule is CCN(CCOC(C)=O)c1ccccc1. The quantitative estimate of drug-likeness (QED) is 0.692. The van der Waals surface area contributed by atoms with E-state index in [2.05, 4.69) is 24.0 Å². The van der Waals surface area contributed by atoms with Gasteiger partial charge in [-0.2, -0.15) is 0 Å². The molecule has 0 spiro atoms. The van der Waals surface area contributed by atoms with Crippen molar-refractivity contribution < 1.29 is 9.53 Å². The fourth-order valence-corrected chi connectivity index (χ4v) is 1.41. The minimum absolute atomic E-state index is 0.223. The third-order valence-corrected chi connectivity index (χ3v) is 2.17. The minimum Gasteiger partial charge on any atom is -0.464 e. The van der Waals surface area contributed by atoms with E-state index in [-0.39, 0.29) is 5.97 Å².